The van der Waals surface area contributed by atoms with E-state index in [9.17, 15) is 5.11 Å². The van der Waals surface area contributed by atoms with Crippen LogP contribution in [0.4, 0.5) is 0 Å². The van der Waals surface area contributed by atoms with Gasteiger partial charge in [0.25, 0.3) is 0 Å². The maximum Gasteiger partial charge on any atom is 0.127 e. The summed E-state index contributed by atoms with van der Waals surface area (Å²) < 4.78 is 0. The number of hydrogen-bond donors (Lipinski definition) is 2. The Balaban J connectivity index is 0.00000343. The van der Waals surface area contributed by atoms with Crippen LogP contribution in [0.25, 0.3) is 11.1 Å². The molecule has 0 aliphatic carbocycles. The van der Waals surface area contributed by atoms with Gasteiger partial charge in [0, 0.05) is 36.3 Å². The van der Waals surface area contributed by atoms with E-state index in [-0.39, 0.29) is 25.2 Å². The maximum atomic E-state index is 11.3. The average molecular weight is 628 g/mol. The van der Waals surface area contributed by atoms with Crippen molar-refractivity contribution in [1.82, 2.24) is 5.32 Å². The molecule has 44 heavy (non-hydrogen) atoms. The average Bonchev–Trinajstić information content (AvgIpc) is 3.75. The first-order valence-electron chi connectivity index (χ1n) is 14.7. The summed E-state index contributed by atoms with van der Waals surface area (Å²) in [5, 5.41) is 14.7. The van der Waals surface area contributed by atoms with Gasteiger partial charge in [-0.3, -0.25) is 0 Å². The Morgan fingerprint density at radius 3 is 2.05 bits per heavy atom. The third-order valence-corrected chi connectivity index (χ3v) is 8.63. The van der Waals surface area contributed by atoms with Crippen molar-refractivity contribution in [1.29, 1.82) is 0 Å². The van der Waals surface area contributed by atoms with Gasteiger partial charge in [0.15, 0.2) is 0 Å². The fourth-order valence-electron chi connectivity index (χ4n) is 6.39. The Morgan fingerprint density at radius 2 is 1.32 bits per heavy atom. The van der Waals surface area contributed by atoms with Gasteiger partial charge >= 0.3 is 0 Å². The number of benzene rings is 2. The molecule has 7 rings (SSSR count). The van der Waals surface area contributed by atoms with E-state index in [0.29, 0.717) is 5.70 Å². The van der Waals surface area contributed by atoms with Crippen molar-refractivity contribution in [2.24, 2.45) is 20.4 Å². The van der Waals surface area contributed by atoms with E-state index >= 15 is 0 Å². The number of fused-ring (bicyclic) bond motifs is 5. The number of rotatable bonds is 2. The van der Waals surface area contributed by atoms with Crippen LogP contribution in [-0.2, 0) is 19.5 Å². The van der Waals surface area contributed by atoms with Gasteiger partial charge in [-0.25, -0.2) is 15.0 Å². The summed E-state index contributed by atoms with van der Waals surface area (Å²) in [5.74, 6) is 0.280. The molecular weight excluding hydrogens is 594 g/mol. The molecule has 6 heteroatoms. The van der Waals surface area contributed by atoms with Gasteiger partial charge < -0.3 is 10.4 Å². The van der Waals surface area contributed by atoms with E-state index in [1.54, 1.807) is 0 Å². The molecule has 2 N–H and O–H groups in total. The molecule has 5 heterocycles. The SMILES string of the molecule is Cc1ccc(C2=C3C=CC(=N3)C=C3NC(=C(O)C3(C)C)C=C3C=CC(=N3)C(c3c(C)cc(C)cc3C)=C3C=CC2=N3)cc1.[Zn]. The van der Waals surface area contributed by atoms with Crippen LogP contribution in [0.1, 0.15) is 47.2 Å². The molecule has 2 aromatic carbocycles. The second-order valence-electron chi connectivity index (χ2n) is 12.3. The van der Waals surface area contributed by atoms with Crippen LogP contribution in [0.5, 0.6) is 0 Å². The quantitative estimate of drug-likeness (QED) is 0.329. The summed E-state index contributed by atoms with van der Waals surface area (Å²) in [6, 6.07) is 13.0. The molecule has 214 valence electrons. The van der Waals surface area contributed by atoms with Crippen molar-refractivity contribution in [3.05, 3.63) is 153 Å². The Hall–Kier alpha value is -4.41. The monoisotopic (exact) mass is 626 g/mol. The Kier molecular flexibility index (Phi) is 7.38. The molecule has 5 aliphatic heterocycles. The molecule has 0 spiro atoms. The van der Waals surface area contributed by atoms with E-state index in [1.807, 2.05) is 38.2 Å². The summed E-state index contributed by atoms with van der Waals surface area (Å²) in [5.41, 5.74) is 14.9. The number of nitrogens with zero attached hydrogens (tertiary/aromatic N) is 3. The Labute approximate surface area is 271 Å². The number of aliphatic imine (C=N–C) groups is 3. The largest absolute Gasteiger partial charge is 0.509 e. The Morgan fingerprint density at radius 1 is 0.682 bits per heavy atom. The molecule has 0 atom stereocenters. The van der Waals surface area contributed by atoms with Gasteiger partial charge in [0.05, 0.1) is 45.3 Å². The zero-order valence-electron chi connectivity index (χ0n) is 26.1. The zero-order valence-corrected chi connectivity index (χ0v) is 29.0. The van der Waals surface area contributed by atoms with Crippen LogP contribution in [0.2, 0.25) is 0 Å². The van der Waals surface area contributed by atoms with E-state index < -0.39 is 5.41 Å². The van der Waals surface area contributed by atoms with Gasteiger partial charge in [-0.15, -0.1) is 0 Å². The minimum Gasteiger partial charge on any atom is -0.509 e. The summed E-state index contributed by atoms with van der Waals surface area (Å²) in [4.78, 5) is 15.4. The molecule has 0 fully saturated rings. The minimum atomic E-state index is -0.604. The van der Waals surface area contributed by atoms with Crippen molar-refractivity contribution in [3.8, 4) is 0 Å². The second-order valence-corrected chi connectivity index (χ2v) is 12.3. The number of aliphatic hydroxyl groups is 1. The summed E-state index contributed by atoms with van der Waals surface area (Å²) in [6.07, 6.45) is 16.3. The molecule has 0 saturated carbocycles. The first-order valence-corrected chi connectivity index (χ1v) is 14.7. The summed E-state index contributed by atoms with van der Waals surface area (Å²) >= 11 is 0. The number of hydrogen-bond acceptors (Lipinski definition) is 5. The molecule has 0 unspecified atom stereocenters. The predicted octanol–water partition coefficient (Wildman–Crippen LogP) is 8.25. The number of nitrogens with one attached hydrogen (secondary N) is 1. The first kappa shape index (κ1) is 29.7. The van der Waals surface area contributed by atoms with Crippen molar-refractivity contribution in [2.75, 3.05) is 0 Å². The number of allylic oxidation sites excluding steroid dienone is 10. The van der Waals surface area contributed by atoms with Gasteiger partial charge in [-0.05, 0) is 112 Å². The molecule has 5 aliphatic rings. The summed E-state index contributed by atoms with van der Waals surface area (Å²) in [6.45, 7) is 12.6. The Bertz CT molecular complexity index is 1960. The van der Waals surface area contributed by atoms with Crippen LogP contribution in [0.15, 0.2) is 134 Å². The van der Waals surface area contributed by atoms with Crippen molar-refractivity contribution in [2.45, 2.75) is 41.5 Å². The maximum absolute atomic E-state index is 11.3. The molecule has 0 saturated heterocycles. The molecule has 0 aromatic heterocycles. The van der Waals surface area contributed by atoms with Gasteiger partial charge in [0.1, 0.15) is 5.76 Å². The second kappa shape index (κ2) is 10.9. The smallest absolute Gasteiger partial charge is 0.127 e. The van der Waals surface area contributed by atoms with Gasteiger partial charge in [-0.1, -0.05) is 47.5 Å². The predicted molar refractivity (Wildman–Crippen MR) is 178 cm³/mol. The van der Waals surface area contributed by atoms with Gasteiger partial charge in [-0.2, -0.15) is 0 Å². The third kappa shape index (κ3) is 4.97. The third-order valence-electron chi connectivity index (χ3n) is 8.63. The molecular formula is C38H34N4OZn. The summed E-state index contributed by atoms with van der Waals surface area (Å²) in [7, 11) is 0. The van der Waals surface area contributed by atoms with Crippen molar-refractivity contribution < 1.29 is 24.6 Å². The molecule has 8 bridgehead atoms. The first-order chi connectivity index (χ1) is 20.6. The van der Waals surface area contributed by atoms with E-state index in [1.165, 1.54) is 22.3 Å². The molecule has 2 aromatic rings. The fourth-order valence-corrected chi connectivity index (χ4v) is 6.39. The number of aryl methyl sites for hydroxylation is 4. The molecule has 0 radical (unpaired) electrons. The van der Waals surface area contributed by atoms with Crippen LogP contribution in [-0.4, -0.2) is 22.2 Å². The van der Waals surface area contributed by atoms with E-state index in [0.717, 1.165) is 62.2 Å². The van der Waals surface area contributed by atoms with Crippen LogP contribution in [0.3, 0.4) is 0 Å². The molecule has 0 amide bonds. The van der Waals surface area contributed by atoms with Crippen molar-refractivity contribution >= 4 is 28.3 Å². The van der Waals surface area contributed by atoms with E-state index in [4.69, 9.17) is 15.0 Å². The van der Waals surface area contributed by atoms with Crippen LogP contribution < -0.4 is 5.32 Å². The zero-order chi connectivity index (χ0) is 30.0. The van der Waals surface area contributed by atoms with Gasteiger partial charge in [0.2, 0.25) is 0 Å². The van der Waals surface area contributed by atoms with E-state index in [2.05, 4.69) is 93.7 Å². The number of aliphatic hydroxyl groups excluding tert-OH is 1. The van der Waals surface area contributed by atoms with Crippen LogP contribution in [0, 0.1) is 33.1 Å². The normalized spacial score (nSPS) is 19.5. The van der Waals surface area contributed by atoms with Crippen molar-refractivity contribution in [3.63, 3.8) is 0 Å². The molecule has 5 nitrogen and oxygen atoms in total. The van der Waals surface area contributed by atoms with Crippen LogP contribution >= 0.6 is 0 Å². The fraction of sp³-hybridized carbons (Fsp3) is 0.184. The standard InChI is InChI=1S/C38H34N4O.Zn/c1-21-7-9-25(10-8-21)35-28-13-12-27(40-28)20-33-38(5,6)37(43)32(42-33)19-26-11-14-30(39-26)36(31-16-15-29(35)41-31)34-23(3)17-22(2)18-24(34)4;/h7-20,42-43H,1-6H3;. The topological polar surface area (TPSA) is 69.3 Å². The minimum absolute atomic E-state index is 0.